The minimum Gasteiger partial charge on any atom is -0.494 e. The van der Waals surface area contributed by atoms with Gasteiger partial charge in [-0.3, -0.25) is 4.79 Å². The molecule has 118 valence electrons. The smallest absolute Gasteiger partial charge is 0.325 e. The third-order valence-electron chi connectivity index (χ3n) is 3.58. The first-order chi connectivity index (χ1) is 11.2. The lowest BCUT2D eigenvalue weighted by Crippen LogP contribution is -2.13. The molecule has 0 aliphatic carbocycles. The lowest BCUT2D eigenvalue weighted by molar-refractivity contribution is -0.141. The molecule has 0 atom stereocenters. The van der Waals surface area contributed by atoms with Gasteiger partial charge in [0.1, 0.15) is 18.1 Å². The third kappa shape index (κ3) is 3.18. The zero-order valence-corrected chi connectivity index (χ0v) is 13.2. The van der Waals surface area contributed by atoms with E-state index in [2.05, 4.69) is 4.98 Å². The maximum Gasteiger partial charge on any atom is 0.325 e. The van der Waals surface area contributed by atoms with Gasteiger partial charge in [-0.2, -0.15) is 0 Å². The normalized spacial score (nSPS) is 10.7. The van der Waals surface area contributed by atoms with Gasteiger partial charge in [0.15, 0.2) is 0 Å². The molecule has 0 saturated carbocycles. The summed E-state index contributed by atoms with van der Waals surface area (Å²) < 4.78 is 12.0. The van der Waals surface area contributed by atoms with Crippen molar-refractivity contribution in [2.24, 2.45) is 0 Å². The van der Waals surface area contributed by atoms with Crippen LogP contribution in [0.1, 0.15) is 6.92 Å². The van der Waals surface area contributed by atoms with Crippen LogP contribution in [0.3, 0.4) is 0 Å². The molecule has 0 bridgehead atoms. The number of aromatic nitrogens is 2. The first kappa shape index (κ1) is 15.1. The Morgan fingerprint density at radius 3 is 2.65 bits per heavy atom. The standard InChI is InChI=1S/C18H18N2O3/c1-3-23-15-8-6-13(7-9-15)16-11-14-5-4-10-20(18(14)19-16)12-17(21)22-2/h4-11H,3,12H2,1-2H3. The Hall–Kier alpha value is -2.82. The Balaban J connectivity index is 1.94. The van der Waals surface area contributed by atoms with E-state index < -0.39 is 0 Å². The summed E-state index contributed by atoms with van der Waals surface area (Å²) in [6.07, 6.45) is 1.83. The van der Waals surface area contributed by atoms with Crippen molar-refractivity contribution in [1.29, 1.82) is 0 Å². The lowest BCUT2D eigenvalue weighted by atomic mass is 10.1. The van der Waals surface area contributed by atoms with E-state index in [-0.39, 0.29) is 12.5 Å². The van der Waals surface area contributed by atoms with Gasteiger partial charge in [0.25, 0.3) is 0 Å². The van der Waals surface area contributed by atoms with Crippen LogP contribution in [0.25, 0.3) is 22.6 Å². The van der Waals surface area contributed by atoms with Gasteiger partial charge in [0.05, 0.1) is 19.4 Å². The highest BCUT2D eigenvalue weighted by Gasteiger charge is 2.15. The highest BCUT2D eigenvalue weighted by atomic mass is 16.5. The van der Waals surface area contributed by atoms with Crippen LogP contribution in [-0.4, -0.2) is 29.2 Å². The lowest BCUT2D eigenvalue weighted by Gasteiger charge is -2.09. The Bertz CT molecular complexity index is 777. The van der Waals surface area contributed by atoms with E-state index in [0.29, 0.717) is 6.61 Å². The van der Waals surface area contributed by atoms with Crippen molar-refractivity contribution in [3.63, 3.8) is 0 Å². The first-order valence-electron chi connectivity index (χ1n) is 7.47. The molecule has 2 heterocycles. The number of ether oxygens (including phenoxy) is 2. The molecule has 1 aromatic rings. The van der Waals surface area contributed by atoms with Crippen molar-refractivity contribution < 1.29 is 14.3 Å². The monoisotopic (exact) mass is 310 g/mol. The van der Waals surface area contributed by atoms with Crippen LogP contribution in [0.15, 0.2) is 48.7 Å². The summed E-state index contributed by atoms with van der Waals surface area (Å²) in [6.45, 7) is 2.75. The molecule has 0 radical (unpaired) electrons. The minimum atomic E-state index is -0.298. The quantitative estimate of drug-likeness (QED) is 0.679. The largest absolute Gasteiger partial charge is 0.494 e. The molecule has 1 aromatic carbocycles. The molecule has 5 nitrogen and oxygen atoms in total. The molecule has 3 rings (SSSR count). The molecule has 0 fully saturated rings. The second kappa shape index (κ2) is 6.52. The van der Waals surface area contributed by atoms with Crippen LogP contribution < -0.4 is 4.74 Å². The van der Waals surface area contributed by atoms with Crippen LogP contribution in [0.4, 0.5) is 0 Å². The van der Waals surface area contributed by atoms with E-state index in [1.54, 1.807) is 4.57 Å². The summed E-state index contributed by atoms with van der Waals surface area (Å²) in [5.74, 6) is 1.31. The van der Waals surface area contributed by atoms with Gasteiger partial charge in [-0.25, -0.2) is 4.98 Å². The molecule has 0 saturated heterocycles. The minimum absolute atomic E-state index is 0.146. The molecule has 0 aromatic heterocycles. The summed E-state index contributed by atoms with van der Waals surface area (Å²) in [7, 11) is 1.38. The van der Waals surface area contributed by atoms with E-state index >= 15 is 0 Å². The summed E-state index contributed by atoms with van der Waals surface area (Å²) >= 11 is 0. The number of esters is 1. The molecule has 5 heteroatoms. The van der Waals surface area contributed by atoms with Gasteiger partial charge in [-0.1, -0.05) is 0 Å². The topological polar surface area (TPSA) is 53.4 Å². The predicted molar refractivity (Wildman–Crippen MR) is 87.5 cm³/mol. The average Bonchev–Trinajstić information content (AvgIpc) is 3.01. The number of methoxy groups -OCH3 is 1. The van der Waals surface area contributed by atoms with Gasteiger partial charge in [-0.05, 0) is 49.4 Å². The molecule has 2 aliphatic heterocycles. The number of nitrogens with zero attached hydrogens (tertiary/aromatic N) is 2. The van der Waals surface area contributed by atoms with Crippen molar-refractivity contribution in [2.45, 2.75) is 13.5 Å². The Kier molecular flexibility index (Phi) is 4.28. The van der Waals surface area contributed by atoms with Crippen LogP contribution in [-0.2, 0) is 16.1 Å². The van der Waals surface area contributed by atoms with E-state index in [4.69, 9.17) is 9.47 Å². The van der Waals surface area contributed by atoms with E-state index in [0.717, 1.165) is 28.4 Å². The Morgan fingerprint density at radius 2 is 1.96 bits per heavy atom. The van der Waals surface area contributed by atoms with Gasteiger partial charge in [-0.15, -0.1) is 0 Å². The molecule has 0 unspecified atom stereocenters. The fourth-order valence-corrected chi connectivity index (χ4v) is 2.46. The molecule has 23 heavy (non-hydrogen) atoms. The number of rotatable bonds is 5. The highest BCUT2D eigenvalue weighted by molar-refractivity contribution is 5.74. The molecule has 0 spiro atoms. The maximum absolute atomic E-state index is 11.5. The summed E-state index contributed by atoms with van der Waals surface area (Å²) in [5.41, 5.74) is 2.86. The molecular formula is C18H18N2O3. The Morgan fingerprint density at radius 1 is 1.17 bits per heavy atom. The second-order valence-corrected chi connectivity index (χ2v) is 5.09. The zero-order chi connectivity index (χ0) is 16.2. The molecule has 0 amide bonds. The maximum atomic E-state index is 11.5. The van der Waals surface area contributed by atoms with Gasteiger partial charge in [0, 0.05) is 17.3 Å². The molecule has 2 aliphatic rings. The van der Waals surface area contributed by atoms with Crippen LogP contribution >= 0.6 is 0 Å². The van der Waals surface area contributed by atoms with Crippen LogP contribution in [0.5, 0.6) is 5.75 Å². The second-order valence-electron chi connectivity index (χ2n) is 5.09. The number of carbonyl (C=O) groups excluding carboxylic acids is 1. The summed E-state index contributed by atoms with van der Waals surface area (Å²) in [6, 6.07) is 13.7. The first-order valence-corrected chi connectivity index (χ1v) is 7.47. The fourth-order valence-electron chi connectivity index (χ4n) is 2.46. The van der Waals surface area contributed by atoms with Crippen molar-refractivity contribution in [2.75, 3.05) is 13.7 Å². The van der Waals surface area contributed by atoms with Crippen molar-refractivity contribution >= 4 is 5.97 Å². The average molecular weight is 310 g/mol. The van der Waals surface area contributed by atoms with Crippen molar-refractivity contribution in [3.05, 3.63) is 48.7 Å². The van der Waals surface area contributed by atoms with Crippen molar-refractivity contribution in [1.82, 2.24) is 9.55 Å². The number of pyridine rings is 1. The number of fused-ring (bicyclic) bond motifs is 1. The van der Waals surface area contributed by atoms with E-state index in [1.165, 1.54) is 7.11 Å². The number of carbonyl (C=O) groups is 1. The zero-order valence-electron chi connectivity index (χ0n) is 13.2. The van der Waals surface area contributed by atoms with Gasteiger partial charge < -0.3 is 14.0 Å². The third-order valence-corrected chi connectivity index (χ3v) is 3.58. The van der Waals surface area contributed by atoms with Gasteiger partial charge >= 0.3 is 5.97 Å². The number of benzene rings is 1. The summed E-state index contributed by atoms with van der Waals surface area (Å²) in [4.78, 5) is 16.2. The van der Waals surface area contributed by atoms with Gasteiger partial charge in [0.2, 0.25) is 0 Å². The van der Waals surface area contributed by atoms with Crippen LogP contribution in [0.2, 0.25) is 0 Å². The predicted octanol–water partition coefficient (Wildman–Crippen LogP) is 3.23. The molecular weight excluding hydrogens is 292 g/mol. The molecule has 0 N–H and O–H groups in total. The fraction of sp³-hybridized carbons (Fsp3) is 0.222. The Labute approximate surface area is 134 Å². The SMILES string of the molecule is CCOc1ccc(-c2cc3cccn(CC(=O)OC)c-3n2)cc1. The van der Waals surface area contributed by atoms with E-state index in [9.17, 15) is 4.79 Å². The van der Waals surface area contributed by atoms with E-state index in [1.807, 2.05) is 55.6 Å². The number of hydrogen-bond acceptors (Lipinski definition) is 4. The van der Waals surface area contributed by atoms with Crippen molar-refractivity contribution in [3.8, 4) is 28.4 Å². The highest BCUT2D eigenvalue weighted by Crippen LogP contribution is 2.29. The number of hydrogen-bond donors (Lipinski definition) is 0. The summed E-state index contributed by atoms with van der Waals surface area (Å²) in [5, 5.41) is 0. The van der Waals surface area contributed by atoms with Crippen LogP contribution in [0, 0.1) is 0 Å².